The van der Waals surface area contributed by atoms with Crippen molar-refractivity contribution in [1.82, 2.24) is 5.32 Å². The van der Waals surface area contributed by atoms with Crippen LogP contribution in [-0.4, -0.2) is 19.0 Å². The van der Waals surface area contributed by atoms with Crippen LogP contribution in [0.15, 0.2) is 18.2 Å². The Labute approximate surface area is 113 Å². The summed E-state index contributed by atoms with van der Waals surface area (Å²) in [7, 11) is 0. The number of carbonyl (C=O) groups is 1. The largest absolute Gasteiger partial charge is 0.325 e. The zero-order valence-electron chi connectivity index (χ0n) is 11.6. The molecule has 1 aliphatic rings. The predicted octanol–water partition coefficient (Wildman–Crippen LogP) is 2.85. The quantitative estimate of drug-likeness (QED) is 0.881. The molecule has 0 radical (unpaired) electrons. The van der Waals surface area contributed by atoms with E-state index in [0.717, 1.165) is 37.9 Å². The Kier molecular flexibility index (Phi) is 4.20. The molecule has 19 heavy (non-hydrogen) atoms. The number of hydrogen-bond acceptors (Lipinski definition) is 2. The molecule has 0 aliphatic carbocycles. The Hall–Kier alpha value is -1.42. The first-order chi connectivity index (χ1) is 9.07. The lowest BCUT2D eigenvalue weighted by Gasteiger charge is -2.35. The number of halogens is 1. The molecule has 1 atom stereocenters. The summed E-state index contributed by atoms with van der Waals surface area (Å²) in [4.78, 5) is 12.5. The van der Waals surface area contributed by atoms with Crippen molar-refractivity contribution in [3.63, 3.8) is 0 Å². The Balaban J connectivity index is 2.15. The van der Waals surface area contributed by atoms with Crippen molar-refractivity contribution in [2.45, 2.75) is 33.1 Å². The van der Waals surface area contributed by atoms with Crippen LogP contribution in [0.25, 0.3) is 0 Å². The molecular weight excluding hydrogens is 243 g/mol. The molecule has 1 fully saturated rings. The highest BCUT2D eigenvalue weighted by Gasteiger charge is 2.37. The van der Waals surface area contributed by atoms with Gasteiger partial charge in [0.05, 0.1) is 5.41 Å². The molecule has 0 saturated carbocycles. The fourth-order valence-electron chi connectivity index (χ4n) is 2.65. The third-order valence-electron chi connectivity index (χ3n) is 4.07. The number of rotatable bonds is 3. The van der Waals surface area contributed by atoms with Crippen molar-refractivity contribution in [2.75, 3.05) is 18.4 Å². The van der Waals surface area contributed by atoms with E-state index in [0.29, 0.717) is 5.69 Å². The highest BCUT2D eigenvalue weighted by molar-refractivity contribution is 5.96. The van der Waals surface area contributed by atoms with Crippen molar-refractivity contribution in [3.05, 3.63) is 29.6 Å². The first kappa shape index (κ1) is 14.0. The smallest absolute Gasteiger partial charge is 0.231 e. The second-order valence-corrected chi connectivity index (χ2v) is 5.33. The average molecular weight is 264 g/mol. The molecule has 104 valence electrons. The molecule has 0 spiro atoms. The Morgan fingerprint density at radius 1 is 1.53 bits per heavy atom. The monoisotopic (exact) mass is 264 g/mol. The third kappa shape index (κ3) is 2.95. The summed E-state index contributed by atoms with van der Waals surface area (Å²) >= 11 is 0. The van der Waals surface area contributed by atoms with E-state index in [4.69, 9.17) is 0 Å². The van der Waals surface area contributed by atoms with E-state index < -0.39 is 0 Å². The summed E-state index contributed by atoms with van der Waals surface area (Å²) in [5.74, 6) is -0.239. The standard InChI is InChI=1S/C15H21FN2O/c1-3-15(7-4-8-17-10-15)14(19)18-13-6-5-12(16)9-11(13)2/h5-6,9,17H,3-4,7-8,10H2,1-2H3,(H,18,19). The summed E-state index contributed by atoms with van der Waals surface area (Å²) in [5.41, 5.74) is 1.12. The van der Waals surface area contributed by atoms with Gasteiger partial charge in [-0.05, 0) is 56.5 Å². The van der Waals surface area contributed by atoms with Gasteiger partial charge in [-0.15, -0.1) is 0 Å². The number of benzene rings is 1. The number of anilines is 1. The molecule has 0 bridgehead atoms. The summed E-state index contributed by atoms with van der Waals surface area (Å²) in [6.45, 7) is 5.54. The summed E-state index contributed by atoms with van der Waals surface area (Å²) in [5, 5.41) is 6.25. The summed E-state index contributed by atoms with van der Waals surface area (Å²) in [6, 6.07) is 4.44. The first-order valence-electron chi connectivity index (χ1n) is 6.86. The van der Waals surface area contributed by atoms with Crippen LogP contribution in [0, 0.1) is 18.2 Å². The van der Waals surface area contributed by atoms with E-state index >= 15 is 0 Å². The van der Waals surface area contributed by atoms with Crippen LogP contribution >= 0.6 is 0 Å². The molecule has 4 heteroatoms. The maximum absolute atomic E-state index is 13.1. The molecule has 1 saturated heterocycles. The van der Waals surface area contributed by atoms with Gasteiger partial charge in [0.2, 0.25) is 5.91 Å². The summed E-state index contributed by atoms with van der Waals surface area (Å²) < 4.78 is 13.1. The van der Waals surface area contributed by atoms with Crippen LogP contribution in [-0.2, 0) is 4.79 Å². The Bertz CT molecular complexity index is 467. The zero-order chi connectivity index (χ0) is 13.9. The number of aryl methyl sites for hydroxylation is 1. The highest BCUT2D eigenvalue weighted by Crippen LogP contribution is 2.32. The predicted molar refractivity (Wildman–Crippen MR) is 74.6 cm³/mol. The van der Waals surface area contributed by atoms with E-state index in [1.165, 1.54) is 12.1 Å². The Morgan fingerprint density at radius 2 is 2.32 bits per heavy atom. The summed E-state index contributed by atoms with van der Waals surface area (Å²) in [6.07, 6.45) is 2.73. The van der Waals surface area contributed by atoms with Gasteiger partial charge >= 0.3 is 0 Å². The minimum absolute atomic E-state index is 0.0388. The topological polar surface area (TPSA) is 41.1 Å². The molecule has 1 aliphatic heterocycles. The van der Waals surface area contributed by atoms with Crippen LogP contribution in [0.2, 0.25) is 0 Å². The van der Waals surface area contributed by atoms with Gasteiger partial charge in [-0.2, -0.15) is 0 Å². The van der Waals surface area contributed by atoms with Crippen LogP contribution < -0.4 is 10.6 Å². The highest BCUT2D eigenvalue weighted by atomic mass is 19.1. The molecular formula is C15H21FN2O. The van der Waals surface area contributed by atoms with Crippen LogP contribution in [0.4, 0.5) is 10.1 Å². The van der Waals surface area contributed by atoms with Crippen LogP contribution in [0.5, 0.6) is 0 Å². The van der Waals surface area contributed by atoms with Crippen LogP contribution in [0.1, 0.15) is 31.7 Å². The normalized spacial score (nSPS) is 23.1. The van der Waals surface area contributed by atoms with Gasteiger partial charge in [-0.25, -0.2) is 4.39 Å². The van der Waals surface area contributed by atoms with Crippen molar-refractivity contribution in [1.29, 1.82) is 0 Å². The van der Waals surface area contributed by atoms with Gasteiger partial charge in [0, 0.05) is 12.2 Å². The first-order valence-corrected chi connectivity index (χ1v) is 6.86. The SMILES string of the molecule is CCC1(C(=O)Nc2ccc(F)cc2C)CCCNC1. The maximum atomic E-state index is 13.1. The van der Waals surface area contributed by atoms with Crippen molar-refractivity contribution in [3.8, 4) is 0 Å². The molecule has 1 aromatic rings. The molecule has 1 heterocycles. The second-order valence-electron chi connectivity index (χ2n) is 5.33. The lowest BCUT2D eigenvalue weighted by atomic mass is 9.77. The molecule has 2 N–H and O–H groups in total. The van der Waals surface area contributed by atoms with Crippen molar-refractivity contribution in [2.24, 2.45) is 5.41 Å². The molecule has 3 nitrogen and oxygen atoms in total. The second kappa shape index (κ2) is 5.70. The number of amides is 1. The van der Waals surface area contributed by atoms with E-state index in [1.54, 1.807) is 13.0 Å². The Morgan fingerprint density at radius 3 is 2.89 bits per heavy atom. The minimum atomic E-state index is -0.334. The van der Waals surface area contributed by atoms with Crippen LogP contribution in [0.3, 0.4) is 0 Å². The van der Waals surface area contributed by atoms with Crippen molar-refractivity contribution < 1.29 is 9.18 Å². The number of nitrogens with one attached hydrogen (secondary N) is 2. The van der Waals surface area contributed by atoms with Gasteiger partial charge in [-0.1, -0.05) is 6.92 Å². The van der Waals surface area contributed by atoms with E-state index in [9.17, 15) is 9.18 Å². The fraction of sp³-hybridized carbons (Fsp3) is 0.533. The van der Waals surface area contributed by atoms with Gasteiger partial charge < -0.3 is 10.6 Å². The minimum Gasteiger partial charge on any atom is -0.325 e. The van der Waals surface area contributed by atoms with Gasteiger partial charge in [0.25, 0.3) is 0 Å². The molecule has 1 amide bonds. The fourth-order valence-corrected chi connectivity index (χ4v) is 2.65. The van der Waals surface area contributed by atoms with Gasteiger partial charge in [0.15, 0.2) is 0 Å². The molecule has 2 rings (SSSR count). The van der Waals surface area contributed by atoms with E-state index in [-0.39, 0.29) is 17.1 Å². The number of hydrogen-bond donors (Lipinski definition) is 2. The van der Waals surface area contributed by atoms with Gasteiger partial charge in [-0.3, -0.25) is 4.79 Å². The van der Waals surface area contributed by atoms with E-state index in [2.05, 4.69) is 10.6 Å². The number of piperidine rings is 1. The zero-order valence-corrected chi connectivity index (χ0v) is 11.6. The molecule has 0 aromatic heterocycles. The lowest BCUT2D eigenvalue weighted by molar-refractivity contribution is -0.126. The van der Waals surface area contributed by atoms with Gasteiger partial charge in [0.1, 0.15) is 5.82 Å². The molecule has 1 unspecified atom stereocenters. The average Bonchev–Trinajstić information content (AvgIpc) is 2.42. The third-order valence-corrected chi connectivity index (χ3v) is 4.07. The van der Waals surface area contributed by atoms with Crippen molar-refractivity contribution >= 4 is 11.6 Å². The number of carbonyl (C=O) groups excluding carboxylic acids is 1. The van der Waals surface area contributed by atoms with E-state index in [1.807, 2.05) is 6.92 Å². The lowest BCUT2D eigenvalue weighted by Crippen LogP contribution is -2.47. The molecule has 1 aromatic carbocycles. The maximum Gasteiger partial charge on any atom is 0.231 e.